The Hall–Kier alpha value is -3.15. The summed E-state index contributed by atoms with van der Waals surface area (Å²) in [7, 11) is 1.87. The third kappa shape index (κ3) is 5.01. The zero-order valence-electron chi connectivity index (χ0n) is 18.9. The quantitative estimate of drug-likeness (QED) is 0.552. The first-order chi connectivity index (χ1) is 16.4. The number of H-pyrrole nitrogens is 1. The molecule has 10 nitrogen and oxygen atoms in total. The number of nitrogens with one attached hydrogen (secondary N) is 2. The highest BCUT2D eigenvalue weighted by Crippen LogP contribution is 2.31. The molecule has 2 fully saturated rings. The number of aliphatic hydroxyl groups excluding tert-OH is 1. The molecule has 4 rings (SSSR count). The fourth-order valence-electron chi connectivity index (χ4n) is 4.33. The van der Waals surface area contributed by atoms with Gasteiger partial charge in [-0.25, -0.2) is 9.37 Å². The number of carbonyl (C=O) groups is 2. The highest BCUT2D eigenvalue weighted by molar-refractivity contribution is 5.93. The van der Waals surface area contributed by atoms with E-state index in [-0.39, 0.29) is 35.4 Å². The van der Waals surface area contributed by atoms with Crippen LogP contribution in [-0.4, -0.2) is 76.1 Å². The number of likely N-dealkylation sites (N-methyl/N-ethyl adjacent to an activating group) is 1. The number of amides is 2. The minimum absolute atomic E-state index is 0.0931. The minimum Gasteiger partial charge on any atom is -0.391 e. The largest absolute Gasteiger partial charge is 0.391 e. The van der Waals surface area contributed by atoms with Crippen molar-refractivity contribution in [3.63, 3.8) is 0 Å². The Balaban J connectivity index is 1.57. The van der Waals surface area contributed by atoms with E-state index >= 15 is 0 Å². The molecular formula is C23H28FN5O5. The third-order valence-corrected chi connectivity index (χ3v) is 6.31. The van der Waals surface area contributed by atoms with Crippen LogP contribution in [0.3, 0.4) is 0 Å². The number of aliphatic hydroxyl groups is 1. The van der Waals surface area contributed by atoms with E-state index in [1.165, 1.54) is 24.3 Å². The Bertz CT molecular complexity index is 1110. The molecule has 2 atom stereocenters. The minimum atomic E-state index is -0.667. The standard InChI is InChI=1S/C23H28FN5O5/c1-28-9-10-34-13-18(28)23(33)29-8-2-3-17(29)20-26-19(16(12-30)21(31)27-20)22(32)25-11-14-4-6-15(24)7-5-14/h4-7,17-18,30H,2-3,8-13H2,1H3,(H,25,32)(H,26,27,31). The first-order valence-electron chi connectivity index (χ1n) is 11.2. The molecule has 1 aromatic heterocycles. The monoisotopic (exact) mass is 473 g/mol. The Kier molecular flexibility index (Phi) is 7.35. The number of nitrogens with zero attached hydrogens (tertiary/aromatic N) is 3. The summed E-state index contributed by atoms with van der Waals surface area (Å²) in [6.07, 6.45) is 1.31. The lowest BCUT2D eigenvalue weighted by atomic mass is 10.1. The number of morpholine rings is 1. The first-order valence-corrected chi connectivity index (χ1v) is 11.2. The molecular weight excluding hydrogens is 445 g/mol. The van der Waals surface area contributed by atoms with E-state index in [1.54, 1.807) is 4.90 Å². The Morgan fingerprint density at radius 2 is 2.06 bits per heavy atom. The van der Waals surface area contributed by atoms with Crippen LogP contribution in [0, 0.1) is 5.82 Å². The number of ether oxygens (including phenoxy) is 1. The van der Waals surface area contributed by atoms with Gasteiger partial charge in [-0.3, -0.25) is 19.3 Å². The summed E-state index contributed by atoms with van der Waals surface area (Å²) in [6, 6.07) is 4.72. The number of halogens is 1. The van der Waals surface area contributed by atoms with Gasteiger partial charge in [0.05, 0.1) is 31.4 Å². The second-order valence-corrected chi connectivity index (χ2v) is 8.51. The number of hydrogen-bond donors (Lipinski definition) is 3. The fraction of sp³-hybridized carbons (Fsp3) is 0.478. The average molecular weight is 474 g/mol. The molecule has 0 radical (unpaired) electrons. The van der Waals surface area contributed by atoms with Crippen molar-refractivity contribution in [3.8, 4) is 0 Å². The predicted molar refractivity (Wildman–Crippen MR) is 119 cm³/mol. The molecule has 34 heavy (non-hydrogen) atoms. The fourth-order valence-corrected chi connectivity index (χ4v) is 4.33. The molecule has 3 heterocycles. The van der Waals surface area contributed by atoms with E-state index in [1.807, 2.05) is 11.9 Å². The van der Waals surface area contributed by atoms with E-state index in [0.717, 1.165) is 6.42 Å². The van der Waals surface area contributed by atoms with Crippen molar-refractivity contribution in [2.24, 2.45) is 0 Å². The molecule has 1 aromatic carbocycles. The van der Waals surface area contributed by atoms with E-state index in [0.29, 0.717) is 38.3 Å². The highest BCUT2D eigenvalue weighted by atomic mass is 19.1. The van der Waals surface area contributed by atoms with Gasteiger partial charge in [-0.05, 0) is 37.6 Å². The molecule has 2 aliphatic rings. The van der Waals surface area contributed by atoms with Crippen molar-refractivity contribution < 1.29 is 23.8 Å². The molecule has 182 valence electrons. The van der Waals surface area contributed by atoms with Gasteiger partial charge < -0.3 is 25.0 Å². The predicted octanol–water partition coefficient (Wildman–Crippen LogP) is 0.325. The maximum absolute atomic E-state index is 13.2. The van der Waals surface area contributed by atoms with Gasteiger partial charge in [0, 0.05) is 19.6 Å². The molecule has 0 saturated carbocycles. The zero-order valence-corrected chi connectivity index (χ0v) is 18.9. The van der Waals surface area contributed by atoms with Gasteiger partial charge in [0.1, 0.15) is 23.4 Å². The van der Waals surface area contributed by atoms with Crippen LogP contribution in [0.25, 0.3) is 0 Å². The van der Waals surface area contributed by atoms with Crippen molar-refractivity contribution >= 4 is 11.8 Å². The van der Waals surface area contributed by atoms with Crippen molar-refractivity contribution in [2.45, 2.75) is 38.1 Å². The van der Waals surface area contributed by atoms with Crippen molar-refractivity contribution in [3.05, 3.63) is 63.1 Å². The van der Waals surface area contributed by atoms with Crippen LogP contribution >= 0.6 is 0 Å². The summed E-state index contributed by atoms with van der Waals surface area (Å²) in [5.41, 5.74) is -0.314. The number of aromatic nitrogens is 2. The lowest BCUT2D eigenvalue weighted by Crippen LogP contribution is -2.53. The average Bonchev–Trinajstić information content (AvgIpc) is 3.33. The molecule has 2 aromatic rings. The summed E-state index contributed by atoms with van der Waals surface area (Å²) < 4.78 is 18.6. The first kappa shape index (κ1) is 24.0. The van der Waals surface area contributed by atoms with Gasteiger partial charge >= 0.3 is 0 Å². The number of rotatable bonds is 6. The number of likely N-dealkylation sites (tertiary alicyclic amines) is 1. The number of aromatic amines is 1. The molecule has 0 bridgehead atoms. The molecule has 2 saturated heterocycles. The topological polar surface area (TPSA) is 128 Å². The Morgan fingerprint density at radius 3 is 2.76 bits per heavy atom. The van der Waals surface area contributed by atoms with Crippen LogP contribution in [-0.2, 0) is 22.7 Å². The van der Waals surface area contributed by atoms with E-state index < -0.39 is 30.2 Å². The van der Waals surface area contributed by atoms with E-state index in [4.69, 9.17) is 4.74 Å². The van der Waals surface area contributed by atoms with Crippen LogP contribution in [0.2, 0.25) is 0 Å². The Morgan fingerprint density at radius 1 is 1.29 bits per heavy atom. The summed E-state index contributed by atoms with van der Waals surface area (Å²) >= 11 is 0. The maximum atomic E-state index is 13.2. The SMILES string of the molecule is CN1CCOCC1C(=O)N1CCCC1c1nc(C(=O)NCc2ccc(F)cc2)c(CO)c(=O)[nH]1. The zero-order chi connectivity index (χ0) is 24.2. The van der Waals surface area contributed by atoms with Gasteiger partial charge in [-0.1, -0.05) is 12.1 Å². The van der Waals surface area contributed by atoms with Gasteiger partial charge in [0.2, 0.25) is 5.91 Å². The molecule has 0 aliphatic carbocycles. The number of hydrogen-bond acceptors (Lipinski definition) is 7. The second kappa shape index (κ2) is 10.4. The van der Waals surface area contributed by atoms with E-state index in [9.17, 15) is 23.9 Å². The van der Waals surface area contributed by atoms with E-state index in [2.05, 4.69) is 15.3 Å². The summed E-state index contributed by atoms with van der Waals surface area (Å²) in [4.78, 5) is 49.5. The van der Waals surface area contributed by atoms with Crippen molar-refractivity contribution in [1.82, 2.24) is 25.1 Å². The van der Waals surface area contributed by atoms with Gasteiger partial charge in [0.15, 0.2) is 0 Å². The molecule has 11 heteroatoms. The van der Waals surface area contributed by atoms with Crippen LogP contribution in [0.1, 0.15) is 46.3 Å². The Labute approximate surface area is 195 Å². The smallest absolute Gasteiger partial charge is 0.270 e. The summed E-state index contributed by atoms with van der Waals surface area (Å²) in [6.45, 7) is 1.44. The number of carbonyl (C=O) groups excluding carboxylic acids is 2. The third-order valence-electron chi connectivity index (χ3n) is 6.31. The second-order valence-electron chi connectivity index (χ2n) is 8.51. The maximum Gasteiger partial charge on any atom is 0.270 e. The molecule has 2 unspecified atom stereocenters. The van der Waals surface area contributed by atoms with Gasteiger partial charge in [-0.2, -0.15) is 0 Å². The van der Waals surface area contributed by atoms with Crippen molar-refractivity contribution in [1.29, 1.82) is 0 Å². The molecule has 2 amide bonds. The normalized spacial score (nSPS) is 21.0. The molecule has 3 N–H and O–H groups in total. The van der Waals surface area contributed by atoms with Gasteiger partial charge in [0.25, 0.3) is 11.5 Å². The van der Waals surface area contributed by atoms with Crippen LogP contribution < -0.4 is 10.9 Å². The summed E-state index contributed by atoms with van der Waals surface area (Å²) in [5.74, 6) is -0.933. The number of benzene rings is 1. The van der Waals surface area contributed by atoms with Crippen LogP contribution in [0.4, 0.5) is 4.39 Å². The highest BCUT2D eigenvalue weighted by Gasteiger charge is 2.38. The van der Waals surface area contributed by atoms with Crippen LogP contribution in [0.15, 0.2) is 29.1 Å². The lowest BCUT2D eigenvalue weighted by molar-refractivity contribution is -0.143. The molecule has 0 spiro atoms. The van der Waals surface area contributed by atoms with Crippen molar-refractivity contribution in [2.75, 3.05) is 33.4 Å². The molecule has 2 aliphatic heterocycles. The lowest BCUT2D eigenvalue weighted by Gasteiger charge is -2.35. The van der Waals surface area contributed by atoms with Crippen LogP contribution in [0.5, 0.6) is 0 Å². The van der Waals surface area contributed by atoms with Gasteiger partial charge in [-0.15, -0.1) is 0 Å². The summed E-state index contributed by atoms with van der Waals surface area (Å²) in [5, 5.41) is 12.3.